The van der Waals surface area contributed by atoms with Gasteiger partial charge < -0.3 is 30.0 Å². The molecule has 0 unspecified atom stereocenters. The number of benzene rings is 3. The molecule has 2 heterocycles. The first-order valence-electron chi connectivity index (χ1n) is 16.0. The third-order valence-corrected chi connectivity index (χ3v) is 8.43. The number of aliphatic carboxylic acids is 2. The molecular formula is C36H38N4O8. The lowest BCUT2D eigenvalue weighted by Crippen LogP contribution is -2.17. The number of aromatic nitrogens is 2. The van der Waals surface area contributed by atoms with E-state index in [-0.39, 0.29) is 35.5 Å². The van der Waals surface area contributed by atoms with Gasteiger partial charge in [0.25, 0.3) is 0 Å². The molecule has 0 radical (unpaired) electrons. The van der Waals surface area contributed by atoms with Gasteiger partial charge in [0.15, 0.2) is 10.9 Å². The van der Waals surface area contributed by atoms with Crippen LogP contribution in [0.4, 0.5) is 11.4 Å². The first-order valence-corrected chi connectivity index (χ1v) is 16.0. The molecule has 12 heteroatoms. The van der Waals surface area contributed by atoms with Gasteiger partial charge in [0.1, 0.15) is 0 Å². The normalized spacial score (nSPS) is 11.4. The minimum atomic E-state index is -0.863. The number of rotatable bonds is 14. The van der Waals surface area contributed by atoms with Gasteiger partial charge in [0.05, 0.1) is 22.1 Å². The number of carboxylic acid groups (broad SMARTS) is 2. The van der Waals surface area contributed by atoms with E-state index < -0.39 is 11.9 Å². The summed E-state index contributed by atoms with van der Waals surface area (Å²) in [5.41, 5.74) is 2.74. The molecule has 5 aromatic rings. The smallest absolute Gasteiger partial charge is 0.303 e. The Bertz CT molecular complexity index is 2060. The minimum absolute atomic E-state index is 0.0553. The highest BCUT2D eigenvalue weighted by Crippen LogP contribution is 2.29. The van der Waals surface area contributed by atoms with Gasteiger partial charge in [-0.15, -0.1) is 0 Å². The van der Waals surface area contributed by atoms with Crippen LogP contribution in [0.25, 0.3) is 43.6 Å². The fraction of sp³-hybridized carbons (Fsp3) is 0.333. The summed E-state index contributed by atoms with van der Waals surface area (Å²) in [6, 6.07) is 13.7. The SMILES string of the molecule is CC(=O)Nc1ccc2c(c1)c(=O)c1cc3c(cc1n2CCCCCC(=O)O)c(=O)c1cc(NC(C)=O)ccc1n3CCCCCC(=O)O. The number of nitrogens with one attached hydrogen (secondary N) is 2. The quantitative estimate of drug-likeness (QED) is 0.0854. The molecule has 4 N–H and O–H groups in total. The van der Waals surface area contributed by atoms with E-state index in [4.69, 9.17) is 10.2 Å². The van der Waals surface area contributed by atoms with E-state index in [1.165, 1.54) is 13.8 Å². The molecule has 12 nitrogen and oxygen atoms in total. The van der Waals surface area contributed by atoms with Crippen LogP contribution in [0.1, 0.15) is 65.2 Å². The van der Waals surface area contributed by atoms with E-state index in [0.29, 0.717) is 107 Å². The maximum Gasteiger partial charge on any atom is 0.303 e. The molecule has 5 rings (SSSR count). The van der Waals surface area contributed by atoms with Gasteiger partial charge in [0.2, 0.25) is 11.8 Å². The lowest BCUT2D eigenvalue weighted by Gasteiger charge is -2.20. The average Bonchev–Trinajstić information content (AvgIpc) is 3.02. The summed E-state index contributed by atoms with van der Waals surface area (Å²) in [5, 5.41) is 25.2. The van der Waals surface area contributed by atoms with E-state index in [1.807, 2.05) is 9.13 Å². The first-order chi connectivity index (χ1) is 22.9. The molecule has 0 aliphatic rings. The number of carbonyl (C=O) groups excluding carboxylic acids is 2. The molecule has 0 fully saturated rings. The maximum absolute atomic E-state index is 14.2. The summed E-state index contributed by atoms with van der Waals surface area (Å²) < 4.78 is 3.94. The third kappa shape index (κ3) is 7.38. The standard InChI is InChI=1S/C36H38N4O8/c1-21(41)37-23-11-13-29-25(17-23)35(47)27-19-32-28(20-31(27)39(29)15-7-3-5-9-33(43)44)36(48)26-18-24(38-22(2)42)12-14-30(26)40(32)16-8-4-6-10-34(45)46/h11-14,17-20H,3-10,15-16H2,1-2H3,(H,37,41)(H,38,42)(H,43,44)(H,45,46). The number of carboxylic acids is 2. The van der Waals surface area contributed by atoms with Crippen LogP contribution in [0.3, 0.4) is 0 Å². The summed E-state index contributed by atoms with van der Waals surface area (Å²) in [5.74, 6) is -2.28. The topological polar surface area (TPSA) is 177 Å². The Balaban J connectivity index is 1.76. The summed E-state index contributed by atoms with van der Waals surface area (Å²) in [4.78, 5) is 74.1. The van der Waals surface area contributed by atoms with Gasteiger partial charge in [-0.05, 0) is 74.2 Å². The number of amides is 2. The Labute approximate surface area is 275 Å². The minimum Gasteiger partial charge on any atom is -0.481 e. The van der Waals surface area contributed by atoms with Gasteiger partial charge in [-0.3, -0.25) is 28.8 Å². The molecule has 0 atom stereocenters. The van der Waals surface area contributed by atoms with Crippen molar-refractivity contribution in [2.45, 2.75) is 78.3 Å². The fourth-order valence-electron chi connectivity index (χ4n) is 6.33. The van der Waals surface area contributed by atoms with Gasteiger partial charge >= 0.3 is 11.9 Å². The Morgan fingerprint density at radius 3 is 1.27 bits per heavy atom. The Kier molecular flexibility index (Phi) is 10.2. The van der Waals surface area contributed by atoms with Crippen LogP contribution in [0.5, 0.6) is 0 Å². The molecule has 2 amide bonds. The second-order valence-electron chi connectivity index (χ2n) is 12.1. The molecule has 0 saturated carbocycles. The van der Waals surface area contributed by atoms with E-state index in [9.17, 15) is 28.8 Å². The Morgan fingerprint density at radius 2 is 0.917 bits per heavy atom. The lowest BCUT2D eigenvalue weighted by atomic mass is 10.0. The van der Waals surface area contributed by atoms with Gasteiger partial charge in [0, 0.05) is 72.7 Å². The average molecular weight is 655 g/mol. The van der Waals surface area contributed by atoms with Crippen LogP contribution in [0, 0.1) is 0 Å². The van der Waals surface area contributed by atoms with Crippen molar-refractivity contribution in [3.05, 3.63) is 69.0 Å². The zero-order chi connectivity index (χ0) is 34.5. The van der Waals surface area contributed by atoms with E-state index >= 15 is 0 Å². The van der Waals surface area contributed by atoms with Crippen molar-refractivity contribution in [3.8, 4) is 0 Å². The van der Waals surface area contributed by atoms with Gasteiger partial charge in [-0.2, -0.15) is 0 Å². The van der Waals surface area contributed by atoms with Crippen molar-refractivity contribution < 1.29 is 29.4 Å². The van der Waals surface area contributed by atoms with E-state index in [1.54, 1.807) is 48.5 Å². The van der Waals surface area contributed by atoms with Crippen LogP contribution >= 0.6 is 0 Å². The highest BCUT2D eigenvalue weighted by molar-refractivity contribution is 6.05. The zero-order valence-electron chi connectivity index (χ0n) is 26.9. The van der Waals surface area contributed by atoms with E-state index in [0.717, 1.165) is 0 Å². The number of hydrogen-bond donors (Lipinski definition) is 4. The predicted octanol–water partition coefficient (Wildman–Crippen LogP) is 5.83. The number of carbonyl (C=O) groups is 4. The molecule has 2 aromatic heterocycles. The van der Waals surface area contributed by atoms with Crippen LogP contribution in [0.2, 0.25) is 0 Å². The van der Waals surface area contributed by atoms with Crippen molar-refractivity contribution in [1.82, 2.24) is 9.13 Å². The zero-order valence-corrected chi connectivity index (χ0v) is 26.9. The van der Waals surface area contributed by atoms with Crippen LogP contribution in [0.15, 0.2) is 58.1 Å². The van der Waals surface area contributed by atoms with Crippen molar-refractivity contribution in [2.24, 2.45) is 0 Å². The van der Waals surface area contributed by atoms with Crippen molar-refractivity contribution in [2.75, 3.05) is 10.6 Å². The summed E-state index contributed by atoms with van der Waals surface area (Å²) in [7, 11) is 0. The summed E-state index contributed by atoms with van der Waals surface area (Å²) in [6.07, 6.45) is 3.66. The maximum atomic E-state index is 14.2. The molecule has 0 saturated heterocycles. The number of unbranched alkanes of at least 4 members (excludes halogenated alkanes) is 4. The van der Waals surface area contributed by atoms with Crippen LogP contribution in [-0.2, 0) is 32.3 Å². The fourth-order valence-corrected chi connectivity index (χ4v) is 6.33. The second-order valence-corrected chi connectivity index (χ2v) is 12.1. The first kappa shape index (κ1) is 33.8. The Morgan fingerprint density at radius 1 is 0.542 bits per heavy atom. The molecule has 0 bridgehead atoms. The number of pyridine rings is 2. The highest BCUT2D eigenvalue weighted by atomic mass is 16.4. The van der Waals surface area contributed by atoms with Crippen LogP contribution in [-0.4, -0.2) is 43.1 Å². The van der Waals surface area contributed by atoms with Crippen molar-refractivity contribution in [1.29, 1.82) is 0 Å². The van der Waals surface area contributed by atoms with Gasteiger partial charge in [-0.25, -0.2) is 0 Å². The Hall–Kier alpha value is -5.52. The van der Waals surface area contributed by atoms with E-state index in [2.05, 4.69) is 10.6 Å². The number of anilines is 2. The van der Waals surface area contributed by atoms with Crippen molar-refractivity contribution >= 4 is 78.7 Å². The summed E-state index contributed by atoms with van der Waals surface area (Å²) in [6.45, 7) is 3.68. The molecular weight excluding hydrogens is 616 g/mol. The molecule has 0 spiro atoms. The number of nitrogens with zero attached hydrogens (tertiary/aromatic N) is 2. The predicted molar refractivity (Wildman–Crippen MR) is 186 cm³/mol. The van der Waals surface area contributed by atoms with Gasteiger partial charge in [-0.1, -0.05) is 12.8 Å². The highest BCUT2D eigenvalue weighted by Gasteiger charge is 2.18. The molecule has 3 aromatic carbocycles. The second kappa shape index (κ2) is 14.5. The molecule has 0 aliphatic carbocycles. The molecule has 250 valence electrons. The third-order valence-electron chi connectivity index (χ3n) is 8.43. The number of fused-ring (bicyclic) bond motifs is 4. The number of aryl methyl sites for hydroxylation is 2. The molecule has 48 heavy (non-hydrogen) atoms. The largest absolute Gasteiger partial charge is 0.481 e. The van der Waals surface area contributed by atoms with Crippen LogP contribution < -0.4 is 21.5 Å². The lowest BCUT2D eigenvalue weighted by molar-refractivity contribution is -0.138. The van der Waals surface area contributed by atoms with Crippen molar-refractivity contribution in [3.63, 3.8) is 0 Å². The monoisotopic (exact) mass is 654 g/mol. The summed E-state index contributed by atoms with van der Waals surface area (Å²) >= 11 is 0. The number of hydrogen-bond acceptors (Lipinski definition) is 6. The molecule has 0 aliphatic heterocycles.